The molecule has 0 radical (unpaired) electrons. The monoisotopic (exact) mass is 256 g/mol. The number of aromatic amines is 1. The van der Waals surface area contributed by atoms with Gasteiger partial charge in [-0.05, 0) is 75.8 Å². The van der Waals surface area contributed by atoms with E-state index in [9.17, 15) is 0 Å². The molecule has 2 aromatic rings. The van der Waals surface area contributed by atoms with Crippen molar-refractivity contribution in [2.75, 3.05) is 7.05 Å². The maximum absolute atomic E-state index is 3.46. The molecule has 0 saturated heterocycles. The SMILES string of the molecule is CNC1CCC(c2ccc3[nH]c(C)c(C)c3c2)CC1. The quantitative estimate of drug-likeness (QED) is 0.834. The normalized spacial score (nSPS) is 23.9. The Morgan fingerprint density at radius 3 is 2.53 bits per heavy atom. The molecule has 19 heavy (non-hydrogen) atoms. The number of aryl methyl sites for hydroxylation is 2. The summed E-state index contributed by atoms with van der Waals surface area (Å²) in [6.45, 7) is 4.38. The van der Waals surface area contributed by atoms with Crippen molar-refractivity contribution in [1.29, 1.82) is 0 Å². The first-order chi connectivity index (χ1) is 9.19. The van der Waals surface area contributed by atoms with Gasteiger partial charge in [0.05, 0.1) is 0 Å². The van der Waals surface area contributed by atoms with Crippen LogP contribution in [-0.4, -0.2) is 18.1 Å². The lowest BCUT2D eigenvalue weighted by Crippen LogP contribution is -2.29. The van der Waals surface area contributed by atoms with E-state index < -0.39 is 0 Å². The van der Waals surface area contributed by atoms with Crippen LogP contribution < -0.4 is 5.32 Å². The third-order valence-corrected chi connectivity index (χ3v) is 4.94. The molecule has 102 valence electrons. The Balaban J connectivity index is 1.87. The number of hydrogen-bond acceptors (Lipinski definition) is 1. The Labute approximate surface area is 115 Å². The number of aromatic nitrogens is 1. The van der Waals surface area contributed by atoms with Gasteiger partial charge in [0.2, 0.25) is 0 Å². The van der Waals surface area contributed by atoms with Gasteiger partial charge in [-0.15, -0.1) is 0 Å². The fourth-order valence-electron chi connectivity index (χ4n) is 3.45. The van der Waals surface area contributed by atoms with Crippen LogP contribution in [0.25, 0.3) is 10.9 Å². The molecule has 1 aromatic carbocycles. The molecular weight excluding hydrogens is 232 g/mol. The highest BCUT2D eigenvalue weighted by molar-refractivity contribution is 5.85. The predicted molar refractivity (Wildman–Crippen MR) is 81.8 cm³/mol. The maximum atomic E-state index is 3.46. The first kappa shape index (κ1) is 12.7. The molecule has 0 atom stereocenters. The van der Waals surface area contributed by atoms with Gasteiger partial charge >= 0.3 is 0 Å². The average molecular weight is 256 g/mol. The molecule has 1 heterocycles. The number of rotatable bonds is 2. The van der Waals surface area contributed by atoms with E-state index in [4.69, 9.17) is 0 Å². The van der Waals surface area contributed by atoms with Crippen LogP contribution >= 0.6 is 0 Å². The lowest BCUT2D eigenvalue weighted by molar-refractivity contribution is 0.359. The molecule has 2 heteroatoms. The molecule has 3 rings (SSSR count). The van der Waals surface area contributed by atoms with Crippen LogP contribution in [0.5, 0.6) is 0 Å². The third-order valence-electron chi connectivity index (χ3n) is 4.94. The van der Waals surface area contributed by atoms with Gasteiger partial charge < -0.3 is 10.3 Å². The standard InChI is InChI=1S/C17H24N2/c1-11-12(2)19-17-9-6-14(10-16(11)17)13-4-7-15(18-3)8-5-13/h6,9-10,13,15,18-19H,4-5,7-8H2,1-3H3. The fraction of sp³-hybridized carbons (Fsp3) is 0.529. The Hall–Kier alpha value is -1.28. The highest BCUT2D eigenvalue weighted by Gasteiger charge is 2.21. The van der Waals surface area contributed by atoms with E-state index in [1.54, 1.807) is 0 Å². The summed E-state index contributed by atoms with van der Waals surface area (Å²) in [5, 5.41) is 4.82. The van der Waals surface area contributed by atoms with Crippen molar-refractivity contribution in [3.8, 4) is 0 Å². The van der Waals surface area contributed by atoms with Crippen LogP contribution in [0.15, 0.2) is 18.2 Å². The molecule has 0 bridgehead atoms. The fourth-order valence-corrected chi connectivity index (χ4v) is 3.45. The Bertz CT molecular complexity index is 574. The van der Waals surface area contributed by atoms with Gasteiger partial charge in [0, 0.05) is 22.6 Å². The van der Waals surface area contributed by atoms with Crippen LogP contribution in [-0.2, 0) is 0 Å². The summed E-state index contributed by atoms with van der Waals surface area (Å²) in [5.74, 6) is 0.753. The number of hydrogen-bond donors (Lipinski definition) is 2. The van der Waals surface area contributed by atoms with Gasteiger partial charge in [0.25, 0.3) is 0 Å². The van der Waals surface area contributed by atoms with Crippen molar-refractivity contribution in [3.05, 3.63) is 35.0 Å². The minimum Gasteiger partial charge on any atom is -0.358 e. The second-order valence-electron chi connectivity index (χ2n) is 6.02. The van der Waals surface area contributed by atoms with E-state index in [0.29, 0.717) is 0 Å². The smallest absolute Gasteiger partial charge is 0.0458 e. The van der Waals surface area contributed by atoms with E-state index in [1.807, 2.05) is 0 Å². The second-order valence-corrected chi connectivity index (χ2v) is 6.02. The summed E-state index contributed by atoms with van der Waals surface area (Å²) < 4.78 is 0. The molecule has 1 aliphatic rings. The van der Waals surface area contributed by atoms with Crippen LogP contribution in [0.4, 0.5) is 0 Å². The van der Waals surface area contributed by atoms with E-state index in [-0.39, 0.29) is 0 Å². The highest BCUT2D eigenvalue weighted by Crippen LogP contribution is 2.34. The lowest BCUT2D eigenvalue weighted by Gasteiger charge is -2.28. The molecule has 0 aliphatic heterocycles. The van der Waals surface area contributed by atoms with Crippen molar-refractivity contribution in [1.82, 2.24) is 10.3 Å². The molecule has 0 spiro atoms. The summed E-state index contributed by atoms with van der Waals surface area (Å²) >= 11 is 0. The highest BCUT2D eigenvalue weighted by atomic mass is 14.9. The van der Waals surface area contributed by atoms with Gasteiger partial charge in [-0.3, -0.25) is 0 Å². The molecule has 2 nitrogen and oxygen atoms in total. The molecule has 1 aliphatic carbocycles. The van der Waals surface area contributed by atoms with E-state index >= 15 is 0 Å². The van der Waals surface area contributed by atoms with E-state index in [0.717, 1.165) is 12.0 Å². The first-order valence-electron chi connectivity index (χ1n) is 7.45. The van der Waals surface area contributed by atoms with E-state index in [2.05, 4.69) is 49.4 Å². The maximum Gasteiger partial charge on any atom is 0.0458 e. The zero-order valence-electron chi connectivity index (χ0n) is 12.2. The summed E-state index contributed by atoms with van der Waals surface area (Å²) in [4.78, 5) is 3.46. The molecular formula is C17H24N2. The first-order valence-corrected chi connectivity index (χ1v) is 7.45. The summed E-state index contributed by atoms with van der Waals surface area (Å²) in [6.07, 6.45) is 5.26. The van der Waals surface area contributed by atoms with Crippen molar-refractivity contribution < 1.29 is 0 Å². The van der Waals surface area contributed by atoms with Crippen LogP contribution in [0.2, 0.25) is 0 Å². The lowest BCUT2D eigenvalue weighted by atomic mass is 9.81. The number of H-pyrrole nitrogens is 1. The molecule has 0 unspecified atom stereocenters. The summed E-state index contributed by atoms with van der Waals surface area (Å²) in [6, 6.07) is 7.73. The van der Waals surface area contributed by atoms with Crippen LogP contribution in [0.1, 0.15) is 48.4 Å². The van der Waals surface area contributed by atoms with Crippen molar-refractivity contribution in [2.24, 2.45) is 0 Å². The predicted octanol–water partition coefficient (Wildman–Crippen LogP) is 4.03. The Kier molecular flexibility index (Phi) is 3.36. The molecule has 0 amide bonds. The number of benzene rings is 1. The van der Waals surface area contributed by atoms with Gasteiger partial charge in [0.15, 0.2) is 0 Å². The van der Waals surface area contributed by atoms with Crippen molar-refractivity contribution in [3.63, 3.8) is 0 Å². The third kappa shape index (κ3) is 2.30. The van der Waals surface area contributed by atoms with Gasteiger partial charge in [0.1, 0.15) is 0 Å². The number of nitrogens with one attached hydrogen (secondary N) is 2. The van der Waals surface area contributed by atoms with Crippen LogP contribution in [0, 0.1) is 13.8 Å². The average Bonchev–Trinajstić information content (AvgIpc) is 2.74. The largest absolute Gasteiger partial charge is 0.358 e. The summed E-state index contributed by atoms with van der Waals surface area (Å²) in [5.41, 5.74) is 5.51. The number of fused-ring (bicyclic) bond motifs is 1. The summed E-state index contributed by atoms with van der Waals surface area (Å²) in [7, 11) is 2.09. The van der Waals surface area contributed by atoms with Gasteiger partial charge in [-0.2, -0.15) is 0 Å². The zero-order valence-corrected chi connectivity index (χ0v) is 12.2. The van der Waals surface area contributed by atoms with E-state index in [1.165, 1.54) is 53.4 Å². The Morgan fingerprint density at radius 1 is 1.11 bits per heavy atom. The second kappa shape index (κ2) is 5.01. The van der Waals surface area contributed by atoms with Gasteiger partial charge in [-0.1, -0.05) is 6.07 Å². The topological polar surface area (TPSA) is 27.8 Å². The minimum absolute atomic E-state index is 0.733. The minimum atomic E-state index is 0.733. The van der Waals surface area contributed by atoms with Crippen LogP contribution in [0.3, 0.4) is 0 Å². The van der Waals surface area contributed by atoms with Gasteiger partial charge in [-0.25, -0.2) is 0 Å². The zero-order chi connectivity index (χ0) is 13.4. The van der Waals surface area contributed by atoms with Crippen molar-refractivity contribution >= 4 is 10.9 Å². The molecule has 1 aromatic heterocycles. The van der Waals surface area contributed by atoms with Crippen molar-refractivity contribution in [2.45, 2.75) is 51.5 Å². The molecule has 2 N–H and O–H groups in total. The molecule has 1 fully saturated rings. The molecule has 1 saturated carbocycles. The Morgan fingerprint density at radius 2 is 1.84 bits per heavy atom.